The zero-order valence-corrected chi connectivity index (χ0v) is 23.6. The minimum Gasteiger partial charge on any atom is -0.309 e. The van der Waals surface area contributed by atoms with E-state index in [-0.39, 0.29) is 0 Å². The van der Waals surface area contributed by atoms with Gasteiger partial charge in [-0.3, -0.25) is 4.57 Å². The van der Waals surface area contributed by atoms with E-state index in [0.717, 1.165) is 56.1 Å². The van der Waals surface area contributed by atoms with Crippen molar-refractivity contribution in [1.29, 1.82) is 0 Å². The van der Waals surface area contributed by atoms with E-state index < -0.39 is 6.98 Å². The Bertz CT molecular complexity index is 2390. The van der Waals surface area contributed by atoms with Gasteiger partial charge in [0, 0.05) is 63.7 Å². The molecule has 5 aromatic carbocycles. The lowest BCUT2D eigenvalue weighted by Gasteiger charge is -2.25. The lowest BCUT2D eigenvalue weighted by molar-refractivity contribution is 0.911. The van der Waals surface area contributed by atoms with Crippen LogP contribution < -0.4 is 4.90 Å². The van der Waals surface area contributed by atoms with Gasteiger partial charge in [-0.1, -0.05) is 42.5 Å². The van der Waals surface area contributed by atoms with E-state index in [1.165, 1.54) is 9.95 Å². The van der Waals surface area contributed by atoms with Gasteiger partial charge in [-0.25, -0.2) is 9.55 Å². The highest BCUT2D eigenvalue weighted by atomic mass is 15.2. The summed E-state index contributed by atoms with van der Waals surface area (Å²) in [6.45, 7) is -0.222. The Hall–Kier alpha value is -5.68. The van der Waals surface area contributed by atoms with Gasteiger partial charge in [0.25, 0.3) is 0 Å². The first-order chi connectivity index (χ1) is 22.4. The molecule has 3 aromatic heterocycles. The molecule has 0 N–H and O–H groups in total. The predicted octanol–water partition coefficient (Wildman–Crippen LogP) is 9.52. The normalized spacial score (nSPS) is 12.8. The Kier molecular flexibility index (Phi) is 5.11. The molecule has 0 aliphatic rings. The number of fused-ring (bicyclic) bond motifs is 4. The largest absolute Gasteiger partial charge is 0.309 e. The zero-order chi connectivity index (χ0) is 31.4. The smallest absolute Gasteiger partial charge is 0.191 e. The average molecular weight is 560 g/mol. The number of hydrogen-bond acceptors (Lipinski definition) is 2. The van der Waals surface area contributed by atoms with Gasteiger partial charge in [0.1, 0.15) is 11.5 Å². The molecule has 5 heteroatoms. The molecule has 43 heavy (non-hydrogen) atoms. The highest BCUT2D eigenvalue weighted by Gasteiger charge is 2.20. The second kappa shape index (κ2) is 10.00. The van der Waals surface area contributed by atoms with Crippen molar-refractivity contribution in [2.75, 3.05) is 4.90 Å². The van der Waals surface area contributed by atoms with E-state index in [4.69, 9.17) is 9.10 Å². The van der Waals surface area contributed by atoms with Crippen molar-refractivity contribution in [2.45, 2.75) is 6.92 Å². The second-order valence-electron chi connectivity index (χ2n) is 10.8. The van der Waals surface area contributed by atoms with Crippen molar-refractivity contribution in [2.24, 2.45) is 6.98 Å². The van der Waals surface area contributed by atoms with Crippen LogP contribution in [0.15, 0.2) is 146 Å². The van der Waals surface area contributed by atoms with E-state index in [1.54, 1.807) is 6.33 Å². The van der Waals surface area contributed by atoms with Crippen LogP contribution in [0.5, 0.6) is 0 Å². The summed E-state index contributed by atoms with van der Waals surface area (Å²) in [6, 6.07) is 45.3. The second-order valence-corrected chi connectivity index (χ2v) is 10.8. The van der Waals surface area contributed by atoms with Crippen molar-refractivity contribution in [3.63, 3.8) is 0 Å². The topological polar surface area (TPSA) is 30.9 Å². The van der Waals surface area contributed by atoms with Gasteiger partial charge in [-0.15, -0.1) is 0 Å². The van der Waals surface area contributed by atoms with Gasteiger partial charge in [-0.05, 0) is 79.2 Å². The maximum Gasteiger partial charge on any atom is 0.191 e. The summed E-state index contributed by atoms with van der Waals surface area (Å²) in [5.41, 5.74) is 8.57. The van der Waals surface area contributed by atoms with E-state index >= 15 is 0 Å². The number of aryl methyl sites for hydroxylation is 2. The van der Waals surface area contributed by atoms with Gasteiger partial charge >= 0.3 is 0 Å². The molecule has 0 aliphatic heterocycles. The molecule has 0 fully saturated rings. The molecule has 0 unspecified atom stereocenters. The quantitative estimate of drug-likeness (QED) is 0.197. The number of imidazole rings is 1. The summed E-state index contributed by atoms with van der Waals surface area (Å²) in [6.07, 6.45) is 3.53. The highest BCUT2D eigenvalue weighted by molar-refractivity contribution is 6.10. The number of anilines is 3. The standard InChI is InChI=1S/C38H30N5/c1-27-21-22-39-38(23-27)43-34-16-7-6-15-32(34)33-20-19-31(25-37(33)43)42(28-11-4-3-5-12-28)30-14-10-13-29(24-30)41-26-40(2)35-17-8-9-18-36(35)41/h3-26H,1-2H3/q+1/i2D3. The summed E-state index contributed by atoms with van der Waals surface area (Å²) in [7, 11) is 0. The Morgan fingerprint density at radius 3 is 2.19 bits per heavy atom. The molecule has 0 bridgehead atoms. The maximum atomic E-state index is 8.13. The molecule has 8 aromatic rings. The summed E-state index contributed by atoms with van der Waals surface area (Å²) in [5, 5.41) is 2.32. The van der Waals surface area contributed by atoms with E-state index in [1.807, 2.05) is 71.4 Å². The molecule has 0 spiro atoms. The lowest BCUT2D eigenvalue weighted by Crippen LogP contribution is -2.10. The average Bonchev–Trinajstić information content (AvgIpc) is 3.62. The molecule has 0 atom stereocenters. The number of benzene rings is 5. The van der Waals surface area contributed by atoms with Gasteiger partial charge in [0.05, 0.1) is 16.7 Å². The molecule has 206 valence electrons. The minimum absolute atomic E-state index is 0.649. The molecule has 0 aliphatic carbocycles. The van der Waals surface area contributed by atoms with Crippen LogP contribution in [0.2, 0.25) is 0 Å². The number of nitrogens with zero attached hydrogens (tertiary/aromatic N) is 5. The van der Waals surface area contributed by atoms with Crippen LogP contribution in [-0.4, -0.2) is 18.7 Å². The van der Waals surface area contributed by atoms with Gasteiger partial charge in [0.15, 0.2) is 17.4 Å². The lowest BCUT2D eigenvalue weighted by atomic mass is 10.1. The van der Waals surface area contributed by atoms with Crippen LogP contribution in [0, 0.1) is 6.92 Å². The molecular formula is C38H30N5+. The third-order valence-electron chi connectivity index (χ3n) is 8.06. The molecule has 0 radical (unpaired) electrons. The van der Waals surface area contributed by atoms with Crippen LogP contribution >= 0.6 is 0 Å². The summed E-state index contributed by atoms with van der Waals surface area (Å²) in [4.78, 5) is 7.00. The van der Waals surface area contributed by atoms with Crippen LogP contribution in [0.1, 0.15) is 9.68 Å². The monoisotopic (exact) mass is 559 g/mol. The molecular weight excluding hydrogens is 526 g/mol. The first-order valence-electron chi connectivity index (χ1n) is 15.8. The Morgan fingerprint density at radius 2 is 1.35 bits per heavy atom. The van der Waals surface area contributed by atoms with Crippen molar-refractivity contribution in [3.8, 4) is 11.5 Å². The van der Waals surface area contributed by atoms with Crippen LogP contribution in [-0.2, 0) is 6.98 Å². The molecule has 0 saturated carbocycles. The van der Waals surface area contributed by atoms with Gasteiger partial charge in [-0.2, -0.15) is 4.57 Å². The molecule has 8 rings (SSSR count). The zero-order valence-electron chi connectivity index (χ0n) is 26.6. The maximum absolute atomic E-state index is 8.13. The van der Waals surface area contributed by atoms with Gasteiger partial charge < -0.3 is 4.90 Å². The number of para-hydroxylation sites is 4. The highest BCUT2D eigenvalue weighted by Crippen LogP contribution is 2.40. The van der Waals surface area contributed by atoms with Crippen LogP contribution in [0.4, 0.5) is 17.1 Å². The summed E-state index contributed by atoms with van der Waals surface area (Å²) >= 11 is 0. The molecule has 3 heterocycles. The van der Waals surface area contributed by atoms with Crippen LogP contribution in [0.3, 0.4) is 0 Å². The third-order valence-corrected chi connectivity index (χ3v) is 8.06. The van der Waals surface area contributed by atoms with Crippen LogP contribution in [0.25, 0.3) is 44.3 Å². The van der Waals surface area contributed by atoms with E-state index in [9.17, 15) is 0 Å². The van der Waals surface area contributed by atoms with Crippen molar-refractivity contribution in [3.05, 3.63) is 152 Å². The number of rotatable bonds is 5. The molecule has 0 saturated heterocycles. The fourth-order valence-corrected chi connectivity index (χ4v) is 6.11. The van der Waals surface area contributed by atoms with Crippen molar-refractivity contribution < 1.29 is 4.11 Å². The van der Waals surface area contributed by atoms with E-state index in [2.05, 4.69) is 89.2 Å². The van der Waals surface area contributed by atoms with Gasteiger partial charge in [0.2, 0.25) is 0 Å². The first-order valence-corrected chi connectivity index (χ1v) is 14.3. The fourth-order valence-electron chi connectivity index (χ4n) is 6.11. The van der Waals surface area contributed by atoms with Crippen molar-refractivity contribution in [1.82, 2.24) is 18.7 Å². The fraction of sp³-hybridized carbons (Fsp3) is 0.0526. The summed E-state index contributed by atoms with van der Waals surface area (Å²) in [5.74, 6) is 0.874. The third kappa shape index (κ3) is 4.17. The summed E-state index contributed by atoms with van der Waals surface area (Å²) < 4.78 is 29.9. The Balaban J connectivity index is 1.34. The molecule has 0 amide bonds. The minimum atomic E-state index is -2.31. The van der Waals surface area contributed by atoms with Crippen molar-refractivity contribution >= 4 is 49.9 Å². The predicted molar refractivity (Wildman–Crippen MR) is 178 cm³/mol. The van der Waals surface area contributed by atoms with E-state index in [0.29, 0.717) is 5.52 Å². The Labute approximate surface area is 254 Å². The first kappa shape index (κ1) is 22.0. The SMILES string of the molecule is [2H]C([2H])([2H])n1[cH+]n(-c2cccc(N(c3ccccc3)c3ccc4c5ccccc5n(-c5cc(C)ccn5)c4c3)c2)c2ccccc21. The number of aromatic nitrogens is 4. The molecule has 5 nitrogen and oxygen atoms in total. The number of hydrogen-bond donors (Lipinski definition) is 0. The number of pyridine rings is 1. The Morgan fingerprint density at radius 1 is 0.628 bits per heavy atom.